The summed E-state index contributed by atoms with van der Waals surface area (Å²) in [6.07, 6.45) is 7.86. The van der Waals surface area contributed by atoms with E-state index in [0.717, 1.165) is 32.2 Å². The number of likely N-dealkylation sites (tertiary alicyclic amines) is 1. The molecule has 1 saturated carbocycles. The maximum absolute atomic E-state index is 12.9. The smallest absolute Gasteiger partial charge is 0.236 e. The predicted octanol–water partition coefficient (Wildman–Crippen LogP) is 2.08. The van der Waals surface area contributed by atoms with Crippen molar-refractivity contribution < 1.29 is 10.0 Å². The van der Waals surface area contributed by atoms with Crippen LogP contribution in [0.3, 0.4) is 0 Å². The Morgan fingerprint density at radius 3 is 2.58 bits per heavy atom. The van der Waals surface area contributed by atoms with Crippen molar-refractivity contribution in [2.45, 2.75) is 64.3 Å². The molecule has 1 aliphatic carbocycles. The van der Waals surface area contributed by atoms with Crippen LogP contribution in [0, 0.1) is 5.41 Å². The molecule has 2 rings (SSSR count). The van der Waals surface area contributed by atoms with Gasteiger partial charge < -0.3 is 15.8 Å². The van der Waals surface area contributed by atoms with Gasteiger partial charge in [0.1, 0.15) is 5.41 Å². The zero-order valence-corrected chi connectivity index (χ0v) is 11.8. The van der Waals surface area contributed by atoms with Gasteiger partial charge in [-0.3, -0.25) is 4.79 Å². The minimum atomic E-state index is -0.743. The Morgan fingerprint density at radius 1 is 1.26 bits per heavy atom. The lowest BCUT2D eigenvalue weighted by Gasteiger charge is -2.36. The third-order valence-corrected chi connectivity index (χ3v) is 4.78. The second kappa shape index (κ2) is 5.80. The number of amides is 1. The van der Waals surface area contributed by atoms with Gasteiger partial charge in [0.05, 0.1) is 0 Å². The van der Waals surface area contributed by atoms with E-state index in [1.165, 1.54) is 12.8 Å². The summed E-state index contributed by atoms with van der Waals surface area (Å²) in [6, 6.07) is 0.263. The molecule has 0 aromatic carbocycles. The lowest BCUT2D eigenvalue weighted by molar-refractivity contribution is -0.140. The Bertz CT molecular complexity index is 362. The second-order valence-corrected chi connectivity index (χ2v) is 5.97. The molecule has 5 nitrogen and oxygen atoms in total. The molecule has 1 unspecified atom stereocenters. The van der Waals surface area contributed by atoms with Gasteiger partial charge in [-0.05, 0) is 32.6 Å². The van der Waals surface area contributed by atoms with E-state index < -0.39 is 5.41 Å². The molecule has 0 spiro atoms. The van der Waals surface area contributed by atoms with E-state index in [0.29, 0.717) is 12.8 Å². The zero-order valence-electron chi connectivity index (χ0n) is 11.8. The highest BCUT2D eigenvalue weighted by Crippen LogP contribution is 2.41. The number of amidine groups is 1. The van der Waals surface area contributed by atoms with Gasteiger partial charge in [-0.25, -0.2) is 0 Å². The SMILES string of the molecule is CC1CCCCCN1C(=O)C1(C(N)=NO)CCCC1. The van der Waals surface area contributed by atoms with Gasteiger partial charge in [-0.15, -0.1) is 0 Å². The van der Waals surface area contributed by atoms with Crippen LogP contribution in [-0.4, -0.2) is 34.4 Å². The van der Waals surface area contributed by atoms with Crippen LogP contribution in [0.2, 0.25) is 0 Å². The minimum absolute atomic E-state index is 0.0784. The molecule has 0 bridgehead atoms. The molecule has 108 valence electrons. The van der Waals surface area contributed by atoms with Crippen LogP contribution in [0.15, 0.2) is 5.16 Å². The molecule has 3 N–H and O–H groups in total. The molecule has 1 atom stereocenters. The average molecular weight is 267 g/mol. The molecular weight excluding hydrogens is 242 g/mol. The number of nitrogens with two attached hydrogens (primary N) is 1. The van der Waals surface area contributed by atoms with Gasteiger partial charge >= 0.3 is 0 Å². The van der Waals surface area contributed by atoms with Crippen molar-refractivity contribution in [3.05, 3.63) is 0 Å². The van der Waals surface area contributed by atoms with Crippen LogP contribution in [0.1, 0.15) is 58.3 Å². The first-order chi connectivity index (χ1) is 9.12. The minimum Gasteiger partial charge on any atom is -0.409 e. The molecule has 1 heterocycles. The van der Waals surface area contributed by atoms with Gasteiger partial charge in [0.15, 0.2) is 5.84 Å². The van der Waals surface area contributed by atoms with Crippen LogP contribution >= 0.6 is 0 Å². The van der Waals surface area contributed by atoms with Crippen molar-refractivity contribution in [1.82, 2.24) is 4.90 Å². The van der Waals surface area contributed by atoms with Crippen LogP contribution in [0.5, 0.6) is 0 Å². The van der Waals surface area contributed by atoms with E-state index in [1.54, 1.807) is 0 Å². The molecule has 2 aliphatic rings. The highest BCUT2D eigenvalue weighted by molar-refractivity contribution is 6.07. The summed E-state index contributed by atoms with van der Waals surface area (Å²) in [5.41, 5.74) is 5.12. The maximum atomic E-state index is 12.9. The lowest BCUT2D eigenvalue weighted by atomic mass is 9.82. The monoisotopic (exact) mass is 267 g/mol. The summed E-state index contributed by atoms with van der Waals surface area (Å²) in [5.74, 6) is 0.182. The van der Waals surface area contributed by atoms with Crippen LogP contribution < -0.4 is 5.73 Å². The van der Waals surface area contributed by atoms with Gasteiger partial charge in [0.2, 0.25) is 5.91 Å². The normalized spacial score (nSPS) is 28.2. The molecular formula is C14H25N3O2. The zero-order chi connectivity index (χ0) is 13.9. The number of hydrogen-bond donors (Lipinski definition) is 2. The number of carbonyl (C=O) groups excluding carboxylic acids is 1. The molecule has 0 radical (unpaired) electrons. The first kappa shape index (κ1) is 14.2. The van der Waals surface area contributed by atoms with Crippen LogP contribution in [0.25, 0.3) is 0 Å². The van der Waals surface area contributed by atoms with E-state index in [4.69, 9.17) is 10.9 Å². The molecule has 5 heteroatoms. The third-order valence-electron chi connectivity index (χ3n) is 4.78. The largest absolute Gasteiger partial charge is 0.409 e. The summed E-state index contributed by atoms with van der Waals surface area (Å²) >= 11 is 0. The standard InChI is InChI=1S/C14H25N3O2/c1-11-7-3-2-6-10-17(11)13(18)14(12(15)16-19)8-4-5-9-14/h11,19H,2-10H2,1H3,(H2,15,16). The van der Waals surface area contributed by atoms with Crippen molar-refractivity contribution in [3.8, 4) is 0 Å². The van der Waals surface area contributed by atoms with Gasteiger partial charge in [0.25, 0.3) is 0 Å². The van der Waals surface area contributed by atoms with Gasteiger partial charge in [-0.2, -0.15) is 0 Å². The van der Waals surface area contributed by atoms with E-state index in [9.17, 15) is 4.79 Å². The molecule has 1 saturated heterocycles. The second-order valence-electron chi connectivity index (χ2n) is 5.97. The lowest BCUT2D eigenvalue weighted by Crippen LogP contribution is -2.52. The Hall–Kier alpha value is -1.26. The fourth-order valence-corrected chi connectivity index (χ4v) is 3.51. The summed E-state index contributed by atoms with van der Waals surface area (Å²) in [7, 11) is 0. The highest BCUT2D eigenvalue weighted by Gasteiger charge is 2.48. The molecule has 0 aromatic rings. The first-order valence-corrected chi connectivity index (χ1v) is 7.41. The van der Waals surface area contributed by atoms with Crippen LogP contribution in [0.4, 0.5) is 0 Å². The molecule has 2 fully saturated rings. The van der Waals surface area contributed by atoms with Crippen molar-refractivity contribution in [3.63, 3.8) is 0 Å². The Labute approximate surface area is 114 Å². The van der Waals surface area contributed by atoms with Gasteiger partial charge in [-0.1, -0.05) is 30.8 Å². The number of nitrogens with zero attached hydrogens (tertiary/aromatic N) is 2. The summed E-state index contributed by atoms with van der Waals surface area (Å²) in [4.78, 5) is 14.9. The number of hydrogen-bond acceptors (Lipinski definition) is 3. The van der Waals surface area contributed by atoms with Crippen molar-refractivity contribution in [2.75, 3.05) is 6.54 Å². The van der Waals surface area contributed by atoms with Crippen molar-refractivity contribution >= 4 is 11.7 Å². The average Bonchev–Trinajstić information content (AvgIpc) is 2.82. The quantitative estimate of drug-likeness (QED) is 0.348. The fraction of sp³-hybridized carbons (Fsp3) is 0.857. The van der Waals surface area contributed by atoms with Crippen LogP contribution in [-0.2, 0) is 4.79 Å². The maximum Gasteiger partial charge on any atom is 0.236 e. The molecule has 1 aliphatic heterocycles. The molecule has 0 aromatic heterocycles. The summed E-state index contributed by atoms with van der Waals surface area (Å²) in [5, 5.41) is 12.2. The van der Waals surface area contributed by atoms with Gasteiger partial charge in [0, 0.05) is 12.6 Å². The third kappa shape index (κ3) is 2.55. The highest BCUT2D eigenvalue weighted by atomic mass is 16.4. The van der Waals surface area contributed by atoms with E-state index >= 15 is 0 Å². The topological polar surface area (TPSA) is 78.9 Å². The molecule has 19 heavy (non-hydrogen) atoms. The molecule has 1 amide bonds. The first-order valence-electron chi connectivity index (χ1n) is 7.41. The summed E-state index contributed by atoms with van der Waals surface area (Å²) in [6.45, 7) is 2.92. The Morgan fingerprint density at radius 2 is 1.95 bits per heavy atom. The van der Waals surface area contributed by atoms with Crippen molar-refractivity contribution in [1.29, 1.82) is 0 Å². The fourth-order valence-electron chi connectivity index (χ4n) is 3.51. The number of carbonyl (C=O) groups is 1. The summed E-state index contributed by atoms with van der Waals surface area (Å²) < 4.78 is 0. The Kier molecular flexibility index (Phi) is 4.32. The number of rotatable bonds is 2. The van der Waals surface area contributed by atoms with Crippen molar-refractivity contribution in [2.24, 2.45) is 16.3 Å². The Balaban J connectivity index is 2.24. The predicted molar refractivity (Wildman–Crippen MR) is 74.0 cm³/mol. The van der Waals surface area contributed by atoms with E-state index in [2.05, 4.69) is 12.1 Å². The van der Waals surface area contributed by atoms with E-state index in [-0.39, 0.29) is 17.8 Å². The van der Waals surface area contributed by atoms with E-state index in [1.807, 2.05) is 4.90 Å². The number of oxime groups is 1.